The highest BCUT2D eigenvalue weighted by Gasteiger charge is 2.44. The molecule has 11 heteroatoms. The maximum atomic E-state index is 13.7. The molecular formula is C21H20BrFN6O2S. The van der Waals surface area contributed by atoms with Crippen LogP contribution in [-0.2, 0) is 16.4 Å². The molecule has 4 aromatic rings. The highest BCUT2D eigenvalue weighted by Crippen LogP contribution is 2.37. The Morgan fingerprint density at radius 3 is 2.78 bits per heavy atom. The Morgan fingerprint density at radius 2 is 2.06 bits per heavy atom. The number of benzene rings is 1. The van der Waals surface area contributed by atoms with Gasteiger partial charge in [-0.05, 0) is 53.0 Å². The Morgan fingerprint density at radius 1 is 1.28 bits per heavy atom. The van der Waals surface area contributed by atoms with E-state index in [0.717, 1.165) is 18.4 Å². The zero-order valence-corrected chi connectivity index (χ0v) is 19.5. The standard InChI is InChI=1S/C21H20BrFN6O2S/c1-32(30,31)11-21(4-5-21)26-10-17-18(22)19(24)29-20(28-17)15(9-27-29)13-6-12-7-14(23)2-3-16(12)25-8-13/h2-3,6-9,26H,4-5,10-11,24H2,1H3. The lowest BCUT2D eigenvalue weighted by molar-refractivity contribution is 0.519. The summed E-state index contributed by atoms with van der Waals surface area (Å²) in [6.45, 7) is 0.350. The summed E-state index contributed by atoms with van der Waals surface area (Å²) in [5.74, 6) is 0.136. The summed E-state index contributed by atoms with van der Waals surface area (Å²) >= 11 is 3.50. The van der Waals surface area contributed by atoms with Crippen LogP contribution in [0.25, 0.3) is 27.7 Å². The van der Waals surface area contributed by atoms with Gasteiger partial charge in [-0.1, -0.05) is 0 Å². The van der Waals surface area contributed by atoms with Crippen molar-refractivity contribution in [2.24, 2.45) is 0 Å². The average Bonchev–Trinajstić information content (AvgIpc) is 3.34. The van der Waals surface area contributed by atoms with Crippen LogP contribution in [0.3, 0.4) is 0 Å². The van der Waals surface area contributed by atoms with Crippen molar-refractivity contribution in [3.63, 3.8) is 0 Å². The van der Waals surface area contributed by atoms with E-state index >= 15 is 0 Å². The highest BCUT2D eigenvalue weighted by molar-refractivity contribution is 9.10. The van der Waals surface area contributed by atoms with Gasteiger partial charge in [0.1, 0.15) is 21.5 Å². The third-order valence-corrected chi connectivity index (χ3v) is 7.61. The van der Waals surface area contributed by atoms with Gasteiger partial charge < -0.3 is 11.1 Å². The lowest BCUT2D eigenvalue weighted by Gasteiger charge is -2.17. The number of hydrogen-bond donors (Lipinski definition) is 2. The Kier molecular flexibility index (Phi) is 4.95. The van der Waals surface area contributed by atoms with Gasteiger partial charge in [0.25, 0.3) is 0 Å². The quantitative estimate of drug-likeness (QED) is 0.402. The van der Waals surface area contributed by atoms with E-state index in [1.165, 1.54) is 22.9 Å². The lowest BCUT2D eigenvalue weighted by atomic mass is 10.1. The van der Waals surface area contributed by atoms with Crippen molar-refractivity contribution >= 4 is 48.1 Å². The first-order chi connectivity index (χ1) is 15.1. The van der Waals surface area contributed by atoms with Crippen LogP contribution in [0.1, 0.15) is 18.5 Å². The largest absolute Gasteiger partial charge is 0.383 e. The number of aromatic nitrogens is 4. The lowest BCUT2D eigenvalue weighted by Crippen LogP contribution is -2.37. The van der Waals surface area contributed by atoms with Crippen molar-refractivity contribution in [3.8, 4) is 11.1 Å². The molecule has 0 saturated heterocycles. The molecule has 32 heavy (non-hydrogen) atoms. The monoisotopic (exact) mass is 518 g/mol. The molecule has 1 saturated carbocycles. The van der Waals surface area contributed by atoms with E-state index in [1.54, 1.807) is 18.5 Å². The summed E-state index contributed by atoms with van der Waals surface area (Å²) in [5, 5.41) is 8.38. The normalized spacial score (nSPS) is 15.5. The molecule has 0 atom stereocenters. The smallest absolute Gasteiger partial charge is 0.165 e. The fourth-order valence-corrected chi connectivity index (χ4v) is 5.70. The summed E-state index contributed by atoms with van der Waals surface area (Å²) in [7, 11) is -3.10. The number of rotatable bonds is 6. The minimum absolute atomic E-state index is 0.0899. The Hall–Kier alpha value is -2.63. The number of fused-ring (bicyclic) bond motifs is 2. The molecule has 166 valence electrons. The van der Waals surface area contributed by atoms with E-state index < -0.39 is 15.4 Å². The van der Waals surface area contributed by atoms with Gasteiger partial charge in [0.05, 0.1) is 27.6 Å². The summed E-state index contributed by atoms with van der Waals surface area (Å²) in [6, 6.07) is 6.28. The second kappa shape index (κ2) is 7.46. The second-order valence-electron chi connectivity index (χ2n) is 8.32. The van der Waals surface area contributed by atoms with Crippen molar-refractivity contribution in [1.29, 1.82) is 0 Å². The summed E-state index contributed by atoms with van der Waals surface area (Å²) in [6.07, 6.45) is 6.19. The van der Waals surface area contributed by atoms with Crippen molar-refractivity contribution in [2.75, 3.05) is 17.7 Å². The van der Waals surface area contributed by atoms with E-state index in [-0.39, 0.29) is 11.6 Å². The minimum Gasteiger partial charge on any atom is -0.383 e. The third kappa shape index (κ3) is 3.96. The van der Waals surface area contributed by atoms with E-state index in [2.05, 4.69) is 31.3 Å². The molecular weight excluding hydrogens is 499 g/mol. The number of nitrogens with one attached hydrogen (secondary N) is 1. The first-order valence-corrected chi connectivity index (χ1v) is 12.8. The molecule has 8 nitrogen and oxygen atoms in total. The van der Waals surface area contributed by atoms with E-state index in [0.29, 0.717) is 44.6 Å². The van der Waals surface area contributed by atoms with Crippen LogP contribution in [0.4, 0.5) is 10.2 Å². The maximum absolute atomic E-state index is 13.7. The number of sulfone groups is 1. The fraction of sp³-hybridized carbons (Fsp3) is 0.286. The summed E-state index contributed by atoms with van der Waals surface area (Å²) in [5.41, 5.74) is 9.21. The van der Waals surface area contributed by atoms with Crippen LogP contribution in [0.2, 0.25) is 0 Å². The van der Waals surface area contributed by atoms with Crippen LogP contribution in [-0.4, -0.2) is 45.5 Å². The van der Waals surface area contributed by atoms with Gasteiger partial charge >= 0.3 is 0 Å². The first-order valence-electron chi connectivity index (χ1n) is 9.94. The van der Waals surface area contributed by atoms with Crippen LogP contribution in [0.15, 0.2) is 41.1 Å². The van der Waals surface area contributed by atoms with Crippen molar-refractivity contribution in [1.82, 2.24) is 24.9 Å². The van der Waals surface area contributed by atoms with Crippen LogP contribution in [0, 0.1) is 5.82 Å². The van der Waals surface area contributed by atoms with Gasteiger partial charge in [0.15, 0.2) is 5.65 Å². The van der Waals surface area contributed by atoms with Crippen LogP contribution >= 0.6 is 15.9 Å². The predicted molar refractivity (Wildman–Crippen MR) is 124 cm³/mol. The molecule has 0 spiro atoms. The first kappa shape index (κ1) is 21.2. The minimum atomic E-state index is -3.10. The second-order valence-corrected chi connectivity index (χ2v) is 11.2. The van der Waals surface area contributed by atoms with E-state index in [9.17, 15) is 12.8 Å². The molecule has 5 rings (SSSR count). The van der Waals surface area contributed by atoms with E-state index in [1.807, 2.05) is 6.07 Å². The topological polar surface area (TPSA) is 115 Å². The third-order valence-electron chi connectivity index (χ3n) is 5.67. The van der Waals surface area contributed by atoms with Crippen molar-refractivity contribution < 1.29 is 12.8 Å². The van der Waals surface area contributed by atoms with Crippen molar-refractivity contribution in [2.45, 2.75) is 24.9 Å². The summed E-state index contributed by atoms with van der Waals surface area (Å²) < 4.78 is 39.3. The Labute approximate surface area is 192 Å². The molecule has 0 bridgehead atoms. The number of pyridine rings is 1. The van der Waals surface area contributed by atoms with Gasteiger partial charge in [-0.3, -0.25) is 4.98 Å². The van der Waals surface area contributed by atoms with Gasteiger partial charge in [-0.25, -0.2) is 17.8 Å². The number of nitrogen functional groups attached to an aromatic ring is 1. The molecule has 1 aliphatic carbocycles. The van der Waals surface area contributed by atoms with E-state index in [4.69, 9.17) is 10.7 Å². The maximum Gasteiger partial charge on any atom is 0.165 e. The van der Waals surface area contributed by atoms with Gasteiger partial charge in [0, 0.05) is 41.0 Å². The number of halogens is 2. The van der Waals surface area contributed by atoms with Gasteiger partial charge in [-0.2, -0.15) is 9.61 Å². The van der Waals surface area contributed by atoms with Gasteiger partial charge in [-0.15, -0.1) is 0 Å². The number of hydrogen-bond acceptors (Lipinski definition) is 7. The molecule has 0 radical (unpaired) electrons. The summed E-state index contributed by atoms with van der Waals surface area (Å²) in [4.78, 5) is 9.17. The Bertz CT molecular complexity index is 1480. The number of anilines is 1. The molecule has 3 heterocycles. The average molecular weight is 519 g/mol. The number of nitrogens with two attached hydrogens (primary N) is 1. The molecule has 1 aromatic carbocycles. The number of nitrogens with zero attached hydrogens (tertiary/aromatic N) is 4. The van der Waals surface area contributed by atoms with Crippen LogP contribution in [0.5, 0.6) is 0 Å². The molecule has 1 fully saturated rings. The van der Waals surface area contributed by atoms with Gasteiger partial charge in [0.2, 0.25) is 0 Å². The molecule has 0 amide bonds. The molecule has 3 aromatic heterocycles. The fourth-order valence-electron chi connectivity index (χ4n) is 3.91. The SMILES string of the molecule is CS(=O)(=O)CC1(NCc2nc3c(-c4cnc5ccc(F)cc5c4)cnn3c(N)c2Br)CC1. The van der Waals surface area contributed by atoms with Crippen molar-refractivity contribution in [3.05, 3.63) is 52.6 Å². The predicted octanol–water partition coefficient (Wildman–Crippen LogP) is 3.10. The molecule has 1 aliphatic rings. The zero-order valence-electron chi connectivity index (χ0n) is 17.1. The highest BCUT2D eigenvalue weighted by atomic mass is 79.9. The molecule has 0 unspecified atom stereocenters. The zero-order chi connectivity index (χ0) is 22.7. The van der Waals surface area contributed by atoms with Crippen LogP contribution < -0.4 is 11.1 Å². The molecule has 3 N–H and O–H groups in total. The Balaban J connectivity index is 1.53. The molecule has 0 aliphatic heterocycles.